The fourth-order valence-electron chi connectivity index (χ4n) is 10.2. The summed E-state index contributed by atoms with van der Waals surface area (Å²) in [5.74, 6) is -4.24. The van der Waals surface area contributed by atoms with Gasteiger partial charge in [0.15, 0.2) is 12.1 Å². The summed E-state index contributed by atoms with van der Waals surface area (Å²) in [6.07, 6.45) is 4.89. The monoisotopic (exact) mass is 1040 g/mol. The minimum atomic E-state index is -1.74. The molecular weight excluding hydrogens is 969 g/mol. The van der Waals surface area contributed by atoms with Crippen molar-refractivity contribution in [1.29, 1.82) is 0 Å². The molecule has 3 aliphatic heterocycles. The first kappa shape index (κ1) is 55.7. The van der Waals surface area contributed by atoms with Gasteiger partial charge in [-0.2, -0.15) is 0 Å². The number of pyridine rings is 1. The molecule has 74 heavy (non-hydrogen) atoms. The highest BCUT2D eigenvalue weighted by molar-refractivity contribution is 7.90. The molecule has 0 saturated carbocycles. The van der Waals surface area contributed by atoms with Gasteiger partial charge >= 0.3 is 11.9 Å². The minimum absolute atomic E-state index is 0.0582. The average molecular weight is 1040 g/mol. The van der Waals surface area contributed by atoms with E-state index in [9.17, 15) is 38.4 Å². The van der Waals surface area contributed by atoms with Gasteiger partial charge < -0.3 is 43.6 Å². The Balaban J connectivity index is 1.23. The van der Waals surface area contributed by atoms with E-state index in [1.807, 2.05) is 38.2 Å². The van der Waals surface area contributed by atoms with Crippen LogP contribution in [0.15, 0.2) is 54.9 Å². The summed E-state index contributed by atoms with van der Waals surface area (Å²) in [4.78, 5) is 90.8. The molecule has 19 nitrogen and oxygen atoms in total. The Morgan fingerprint density at radius 1 is 1.05 bits per heavy atom. The number of hydrogen-bond donors (Lipinski definition) is 3. The van der Waals surface area contributed by atoms with Crippen molar-refractivity contribution in [2.75, 3.05) is 48.0 Å². The van der Waals surface area contributed by atoms with Crippen LogP contribution >= 0.6 is 0 Å². The van der Waals surface area contributed by atoms with Crippen molar-refractivity contribution in [2.45, 2.75) is 129 Å². The zero-order valence-corrected chi connectivity index (χ0v) is 45.5. The number of esters is 2. The molecule has 2 saturated heterocycles. The van der Waals surface area contributed by atoms with Gasteiger partial charge in [-0.3, -0.25) is 38.8 Å². The topological polar surface area (TPSA) is 228 Å². The maximum absolute atomic E-state index is 14.8. The van der Waals surface area contributed by atoms with Crippen molar-refractivity contribution >= 4 is 57.8 Å². The number of likely N-dealkylation sites (N-methyl/N-ethyl adjacent to an activating group) is 2. The summed E-state index contributed by atoms with van der Waals surface area (Å²) in [5, 5.41) is 16.6. The van der Waals surface area contributed by atoms with Gasteiger partial charge in [0.25, 0.3) is 5.91 Å². The highest BCUT2D eigenvalue weighted by Gasteiger charge is 2.68. The van der Waals surface area contributed by atoms with Gasteiger partial charge in [0.05, 0.1) is 32.6 Å². The van der Waals surface area contributed by atoms with E-state index >= 15 is 0 Å². The third-order valence-corrected chi connectivity index (χ3v) is 15.8. The van der Waals surface area contributed by atoms with E-state index in [0.29, 0.717) is 43.5 Å². The summed E-state index contributed by atoms with van der Waals surface area (Å²) in [6, 6.07) is 7.70. The number of fused-ring (bicyclic) bond motifs is 6. The van der Waals surface area contributed by atoms with Crippen molar-refractivity contribution in [3.63, 3.8) is 0 Å². The van der Waals surface area contributed by atoms with Crippen LogP contribution in [0.4, 0.5) is 0 Å². The maximum Gasteiger partial charge on any atom is 0.330 e. The van der Waals surface area contributed by atoms with Gasteiger partial charge in [-0.15, -0.1) is 0 Å². The van der Waals surface area contributed by atoms with Crippen LogP contribution in [0.3, 0.4) is 0 Å². The molecule has 3 N–H and O–H groups in total. The number of benzene rings is 2. The number of ether oxygens (including phenoxy) is 3. The highest BCUT2D eigenvalue weighted by Crippen LogP contribution is 2.42. The SMILES string of the molecule is CCn1c(-c2cnccc2COC)c2c3cc(ccc31)-c1cc(O)cc(c1)C[C@H](NC(=O)[C@H](C(C)C)N(C)C(=O)CN(C)C(=O)[C@H]1[C@@H](C(=O)OC)N1[S+]([O-])C(C)(C)C)C(=O)N1CCC[C@H](N1)C(=O)OCC(C)(C)C2. The number of aryl methyl sites for hydroxylation is 1. The molecule has 2 fully saturated rings. The van der Waals surface area contributed by atoms with E-state index in [2.05, 4.69) is 39.4 Å². The summed E-state index contributed by atoms with van der Waals surface area (Å²) in [6.45, 7) is 15.7. The normalized spacial score (nSPS) is 21.8. The Bertz CT molecular complexity index is 2790. The number of amides is 4. The number of nitrogens with one attached hydrogen (secondary N) is 2. The lowest BCUT2D eigenvalue weighted by Gasteiger charge is -2.37. The number of aromatic hydroxyl groups is 1. The van der Waals surface area contributed by atoms with Gasteiger partial charge in [0, 0.05) is 86.4 Å². The van der Waals surface area contributed by atoms with Crippen LogP contribution in [-0.4, -0.2) is 157 Å². The van der Waals surface area contributed by atoms with E-state index in [1.54, 1.807) is 60.1 Å². The third kappa shape index (κ3) is 11.7. The second-order valence-corrected chi connectivity index (χ2v) is 23.9. The summed E-state index contributed by atoms with van der Waals surface area (Å²) >= 11 is -1.74. The lowest BCUT2D eigenvalue weighted by atomic mass is 9.84. The molecule has 0 spiro atoms. The fourth-order valence-corrected chi connectivity index (χ4v) is 11.6. The number of carbonyl (C=O) groups is 6. The Labute approximate surface area is 436 Å². The van der Waals surface area contributed by atoms with Crippen molar-refractivity contribution in [2.24, 2.45) is 11.3 Å². The van der Waals surface area contributed by atoms with E-state index in [1.165, 1.54) is 35.4 Å². The van der Waals surface area contributed by atoms with Gasteiger partial charge in [0.2, 0.25) is 17.7 Å². The van der Waals surface area contributed by atoms with Crippen LogP contribution in [-0.2, 0) is 80.3 Å². The molecular formula is C54H72N8O11S. The van der Waals surface area contributed by atoms with Crippen LogP contribution in [0.2, 0.25) is 0 Å². The van der Waals surface area contributed by atoms with Gasteiger partial charge in [-0.1, -0.05) is 44.1 Å². The van der Waals surface area contributed by atoms with Crippen LogP contribution < -0.4 is 10.7 Å². The van der Waals surface area contributed by atoms with Crippen molar-refractivity contribution < 1.29 is 52.6 Å². The number of carbonyl (C=O) groups excluding carboxylic acids is 6. The molecule has 7 rings (SSSR count). The Kier molecular flexibility index (Phi) is 16.9. The quantitative estimate of drug-likeness (QED) is 0.0951. The summed E-state index contributed by atoms with van der Waals surface area (Å²) in [7, 11) is 5.66. The van der Waals surface area contributed by atoms with E-state index < -0.39 is 99.8 Å². The number of nitrogens with zero attached hydrogens (tertiary/aromatic N) is 6. The van der Waals surface area contributed by atoms with E-state index in [-0.39, 0.29) is 25.3 Å². The lowest BCUT2D eigenvalue weighted by Crippen LogP contribution is -2.62. The number of phenols is 1. The predicted molar refractivity (Wildman–Crippen MR) is 279 cm³/mol. The molecule has 2 unspecified atom stereocenters. The molecule has 0 aliphatic carbocycles. The molecule has 400 valence electrons. The number of phenolic OH excluding ortho intramolecular Hbond substituents is 1. The zero-order valence-electron chi connectivity index (χ0n) is 44.6. The summed E-state index contributed by atoms with van der Waals surface area (Å²) in [5.41, 5.74) is 9.38. The van der Waals surface area contributed by atoms with E-state index in [4.69, 9.17) is 14.2 Å². The lowest BCUT2D eigenvalue weighted by molar-refractivity contribution is -0.155. The van der Waals surface area contributed by atoms with Crippen molar-refractivity contribution in [1.82, 2.24) is 39.4 Å². The number of methoxy groups -OCH3 is 2. The van der Waals surface area contributed by atoms with Gasteiger partial charge in [-0.05, 0) is 111 Å². The largest absolute Gasteiger partial charge is 0.597 e. The van der Waals surface area contributed by atoms with Crippen molar-refractivity contribution in [3.05, 3.63) is 71.5 Å². The molecule has 4 amide bonds. The average Bonchev–Trinajstić information content (AvgIpc) is 4.02. The molecule has 5 heterocycles. The third-order valence-electron chi connectivity index (χ3n) is 13.9. The van der Waals surface area contributed by atoms with Gasteiger partial charge in [-0.25, -0.2) is 5.43 Å². The fraction of sp³-hybridized carbons (Fsp3) is 0.537. The summed E-state index contributed by atoms with van der Waals surface area (Å²) < 4.78 is 32.7. The molecule has 0 radical (unpaired) electrons. The van der Waals surface area contributed by atoms with Crippen LogP contribution in [0.1, 0.15) is 84.9 Å². The van der Waals surface area contributed by atoms with Crippen LogP contribution in [0, 0.1) is 11.3 Å². The first-order valence-electron chi connectivity index (χ1n) is 25.1. The molecule has 2 aromatic heterocycles. The number of aromatic nitrogens is 2. The first-order valence-corrected chi connectivity index (χ1v) is 26.3. The molecule has 20 heteroatoms. The number of rotatable bonds is 13. The number of hydrazine groups is 1. The molecule has 6 bridgehead atoms. The molecule has 4 aromatic rings. The highest BCUT2D eigenvalue weighted by atomic mass is 32.2. The first-order chi connectivity index (χ1) is 34.9. The van der Waals surface area contributed by atoms with Crippen LogP contribution in [0.25, 0.3) is 33.3 Å². The number of cyclic esters (lactones) is 1. The number of hydrogen-bond acceptors (Lipinski definition) is 14. The smallest absolute Gasteiger partial charge is 0.330 e. The Hall–Kier alpha value is -6.06. The van der Waals surface area contributed by atoms with E-state index in [0.717, 1.165) is 43.8 Å². The van der Waals surface area contributed by atoms with Crippen molar-refractivity contribution in [3.8, 4) is 28.1 Å². The molecule has 2 aromatic carbocycles. The standard InChI is InChI=1S/C54H72N8O11S/c1-13-60-42-17-16-33-25-37(42)38(45(60)39-27-55-19-18-34(39)29-71-11)26-54(7,8)30-73-51(68)40-15-14-20-61(57-40)49(66)41(23-32-21-35(33)24-36(63)22-32)56-48(65)44(31(2)3)59(10)43(64)28-58(9)50(67)46-47(52(69)72-12)62(46)74(70)53(4,5)6/h16-19,21-22,24-25,27,31,40-41,44,46-47,57,63H,13-15,20,23,26,28-30H2,1-12H3,(H,56,65)/t40-,41-,44-,46+,47-,62?,74?/m0/s1. The molecule has 3 aliphatic rings. The predicted octanol–water partition coefficient (Wildman–Crippen LogP) is 4.52. The van der Waals surface area contributed by atoms with Gasteiger partial charge in [0.1, 0.15) is 28.6 Å². The Morgan fingerprint density at radius 2 is 1.78 bits per heavy atom. The van der Waals surface area contributed by atoms with Crippen LogP contribution in [0.5, 0.6) is 5.75 Å². The zero-order chi connectivity index (χ0) is 54.1. The maximum atomic E-state index is 14.8. The minimum Gasteiger partial charge on any atom is -0.597 e. The second kappa shape index (κ2) is 22.4. The molecule has 7 atom stereocenters. The second-order valence-electron chi connectivity index (χ2n) is 21.7. The Morgan fingerprint density at radius 3 is 2.45 bits per heavy atom.